The van der Waals surface area contributed by atoms with Crippen molar-refractivity contribution in [3.05, 3.63) is 12.2 Å². The first-order chi connectivity index (χ1) is 3.55. The molecule has 0 amide bonds. The molecule has 0 saturated carbocycles. The van der Waals surface area contributed by atoms with Crippen LogP contribution in [-0.4, -0.2) is 11.2 Å². The van der Waals surface area contributed by atoms with Crippen LogP contribution in [0.5, 0.6) is 0 Å². The van der Waals surface area contributed by atoms with Crippen molar-refractivity contribution in [1.82, 2.24) is 0 Å². The SMILES string of the molecule is C=C(C)[C@@H](C)[C@H](C)O. The fourth-order valence-corrected chi connectivity index (χ4v) is 0.412. The summed E-state index contributed by atoms with van der Waals surface area (Å²) in [6.45, 7) is 9.39. The molecule has 0 radical (unpaired) electrons. The third kappa shape index (κ3) is 2.12. The fourth-order valence-electron chi connectivity index (χ4n) is 0.412. The second kappa shape index (κ2) is 2.88. The number of hydrogen-bond donors (Lipinski definition) is 1. The number of rotatable bonds is 2. The molecule has 48 valence electrons. The van der Waals surface area contributed by atoms with Crippen LogP contribution in [0.25, 0.3) is 0 Å². The molecular formula is C7H14O. The first-order valence-electron chi connectivity index (χ1n) is 2.89. The van der Waals surface area contributed by atoms with Gasteiger partial charge in [-0.3, -0.25) is 0 Å². The Bertz CT molecular complexity index is 84.4. The average Bonchev–Trinajstić information content (AvgIpc) is 1.64. The van der Waals surface area contributed by atoms with Gasteiger partial charge in [0.25, 0.3) is 0 Å². The Morgan fingerprint density at radius 2 is 1.88 bits per heavy atom. The zero-order chi connectivity index (χ0) is 6.73. The molecule has 0 spiro atoms. The van der Waals surface area contributed by atoms with Gasteiger partial charge in [0.15, 0.2) is 0 Å². The Morgan fingerprint density at radius 1 is 1.50 bits per heavy atom. The smallest absolute Gasteiger partial charge is 0.0574 e. The molecule has 0 heterocycles. The summed E-state index contributed by atoms with van der Waals surface area (Å²) in [5.41, 5.74) is 1.04. The van der Waals surface area contributed by atoms with Crippen molar-refractivity contribution in [2.24, 2.45) is 5.92 Å². The van der Waals surface area contributed by atoms with E-state index in [1.54, 1.807) is 6.92 Å². The number of aliphatic hydroxyl groups excluding tert-OH is 1. The topological polar surface area (TPSA) is 20.2 Å². The molecule has 0 aliphatic heterocycles. The predicted molar refractivity (Wildman–Crippen MR) is 35.7 cm³/mol. The summed E-state index contributed by atoms with van der Waals surface area (Å²) in [6, 6.07) is 0. The maximum atomic E-state index is 8.93. The molecule has 0 aromatic carbocycles. The van der Waals surface area contributed by atoms with Gasteiger partial charge in [0, 0.05) is 5.92 Å². The molecular weight excluding hydrogens is 100 g/mol. The molecule has 1 N–H and O–H groups in total. The highest BCUT2D eigenvalue weighted by molar-refractivity contribution is 4.95. The van der Waals surface area contributed by atoms with Crippen molar-refractivity contribution in [1.29, 1.82) is 0 Å². The zero-order valence-electron chi connectivity index (χ0n) is 5.81. The van der Waals surface area contributed by atoms with Gasteiger partial charge in [0.2, 0.25) is 0 Å². The van der Waals surface area contributed by atoms with E-state index >= 15 is 0 Å². The van der Waals surface area contributed by atoms with E-state index in [1.807, 2.05) is 13.8 Å². The molecule has 2 atom stereocenters. The molecule has 0 aliphatic carbocycles. The predicted octanol–water partition coefficient (Wildman–Crippen LogP) is 1.58. The largest absolute Gasteiger partial charge is 0.393 e. The zero-order valence-corrected chi connectivity index (χ0v) is 5.81. The van der Waals surface area contributed by atoms with Crippen molar-refractivity contribution >= 4 is 0 Å². The molecule has 1 heteroatoms. The molecule has 0 aliphatic rings. The van der Waals surface area contributed by atoms with Crippen molar-refractivity contribution in [3.63, 3.8) is 0 Å². The van der Waals surface area contributed by atoms with Crippen LogP contribution in [0.15, 0.2) is 12.2 Å². The van der Waals surface area contributed by atoms with Crippen LogP contribution in [0, 0.1) is 5.92 Å². The Kier molecular flexibility index (Phi) is 2.77. The van der Waals surface area contributed by atoms with Crippen LogP contribution in [0.4, 0.5) is 0 Å². The fraction of sp³-hybridized carbons (Fsp3) is 0.714. The highest BCUT2D eigenvalue weighted by Gasteiger charge is 2.07. The standard InChI is InChI=1S/C7H14O/c1-5(2)6(3)7(4)8/h6-8H,1H2,2-4H3/t6-,7+/m1/s1. The van der Waals surface area contributed by atoms with Crippen molar-refractivity contribution < 1.29 is 5.11 Å². The Labute approximate surface area is 51.0 Å². The first kappa shape index (κ1) is 7.70. The Hall–Kier alpha value is -0.300. The van der Waals surface area contributed by atoms with Gasteiger partial charge < -0.3 is 5.11 Å². The van der Waals surface area contributed by atoms with E-state index in [0.29, 0.717) is 0 Å². The minimum Gasteiger partial charge on any atom is -0.393 e. The van der Waals surface area contributed by atoms with E-state index in [4.69, 9.17) is 5.11 Å². The van der Waals surface area contributed by atoms with Gasteiger partial charge in [-0.2, -0.15) is 0 Å². The molecule has 0 fully saturated rings. The number of hydrogen-bond acceptors (Lipinski definition) is 1. The van der Waals surface area contributed by atoms with Gasteiger partial charge in [0.05, 0.1) is 6.10 Å². The monoisotopic (exact) mass is 114 g/mol. The third-order valence-electron chi connectivity index (χ3n) is 1.50. The van der Waals surface area contributed by atoms with Gasteiger partial charge in [-0.25, -0.2) is 0 Å². The summed E-state index contributed by atoms with van der Waals surface area (Å²) < 4.78 is 0. The van der Waals surface area contributed by atoms with Crippen LogP contribution in [0.2, 0.25) is 0 Å². The minimum atomic E-state index is -0.257. The van der Waals surface area contributed by atoms with Crippen LogP contribution in [0.3, 0.4) is 0 Å². The van der Waals surface area contributed by atoms with Crippen molar-refractivity contribution in [2.75, 3.05) is 0 Å². The van der Waals surface area contributed by atoms with Gasteiger partial charge in [-0.15, -0.1) is 0 Å². The molecule has 0 bridgehead atoms. The van der Waals surface area contributed by atoms with E-state index in [-0.39, 0.29) is 12.0 Å². The lowest BCUT2D eigenvalue weighted by atomic mass is 9.99. The van der Waals surface area contributed by atoms with Gasteiger partial charge in [0.1, 0.15) is 0 Å². The van der Waals surface area contributed by atoms with E-state index < -0.39 is 0 Å². The maximum absolute atomic E-state index is 8.93. The van der Waals surface area contributed by atoms with E-state index in [0.717, 1.165) is 5.57 Å². The summed E-state index contributed by atoms with van der Waals surface area (Å²) in [4.78, 5) is 0. The first-order valence-corrected chi connectivity index (χ1v) is 2.89. The summed E-state index contributed by atoms with van der Waals surface area (Å²) in [7, 11) is 0. The lowest BCUT2D eigenvalue weighted by Crippen LogP contribution is -2.12. The second-order valence-electron chi connectivity index (χ2n) is 2.38. The van der Waals surface area contributed by atoms with Crippen molar-refractivity contribution in [3.8, 4) is 0 Å². The highest BCUT2D eigenvalue weighted by atomic mass is 16.3. The summed E-state index contributed by atoms with van der Waals surface area (Å²) in [5, 5.41) is 8.93. The van der Waals surface area contributed by atoms with Gasteiger partial charge in [-0.05, 0) is 13.8 Å². The summed E-state index contributed by atoms with van der Waals surface area (Å²) in [5.74, 6) is 0.231. The molecule has 0 rings (SSSR count). The molecule has 0 aromatic heterocycles. The molecule has 0 saturated heterocycles. The van der Waals surface area contributed by atoms with E-state index in [2.05, 4.69) is 6.58 Å². The lowest BCUT2D eigenvalue weighted by molar-refractivity contribution is 0.152. The molecule has 0 unspecified atom stereocenters. The van der Waals surface area contributed by atoms with Crippen molar-refractivity contribution in [2.45, 2.75) is 26.9 Å². The third-order valence-corrected chi connectivity index (χ3v) is 1.50. The Morgan fingerprint density at radius 3 is 1.88 bits per heavy atom. The molecule has 0 aromatic rings. The molecule has 8 heavy (non-hydrogen) atoms. The summed E-state index contributed by atoms with van der Waals surface area (Å²) >= 11 is 0. The van der Waals surface area contributed by atoms with Gasteiger partial charge in [-0.1, -0.05) is 19.1 Å². The highest BCUT2D eigenvalue weighted by Crippen LogP contribution is 2.10. The molecule has 1 nitrogen and oxygen atoms in total. The second-order valence-corrected chi connectivity index (χ2v) is 2.38. The van der Waals surface area contributed by atoms with Crippen LogP contribution < -0.4 is 0 Å². The minimum absolute atomic E-state index is 0.231. The maximum Gasteiger partial charge on any atom is 0.0574 e. The van der Waals surface area contributed by atoms with Crippen LogP contribution in [0.1, 0.15) is 20.8 Å². The average molecular weight is 114 g/mol. The number of aliphatic hydroxyl groups is 1. The van der Waals surface area contributed by atoms with Crippen LogP contribution in [-0.2, 0) is 0 Å². The normalized spacial score (nSPS) is 17.5. The lowest BCUT2D eigenvalue weighted by Gasteiger charge is -2.12. The quantitative estimate of drug-likeness (QED) is 0.540. The van der Waals surface area contributed by atoms with E-state index in [9.17, 15) is 0 Å². The van der Waals surface area contributed by atoms with Gasteiger partial charge >= 0.3 is 0 Å². The Balaban J connectivity index is 3.64. The van der Waals surface area contributed by atoms with Crippen LogP contribution >= 0.6 is 0 Å². The summed E-state index contributed by atoms with van der Waals surface area (Å²) in [6.07, 6.45) is -0.257. The van der Waals surface area contributed by atoms with E-state index in [1.165, 1.54) is 0 Å².